The number of aromatic nitrogens is 2. The molecule has 1 aliphatic carbocycles. The van der Waals surface area contributed by atoms with Crippen LogP contribution in [0.15, 0.2) is 4.47 Å². The molecule has 1 aromatic heterocycles. The van der Waals surface area contributed by atoms with E-state index in [0.717, 1.165) is 18.5 Å². The Morgan fingerprint density at radius 1 is 1.47 bits per heavy atom. The number of carboxylic acid groups (broad SMARTS) is 1. The summed E-state index contributed by atoms with van der Waals surface area (Å²) in [5, 5.41) is 16.0. The van der Waals surface area contributed by atoms with E-state index >= 15 is 0 Å². The van der Waals surface area contributed by atoms with Crippen LogP contribution in [0, 0.1) is 0 Å². The van der Waals surface area contributed by atoms with Crippen LogP contribution in [-0.4, -0.2) is 44.7 Å². The summed E-state index contributed by atoms with van der Waals surface area (Å²) in [5.74, 6) is -1.04. The van der Waals surface area contributed by atoms with Crippen molar-refractivity contribution in [2.24, 2.45) is 0 Å². The minimum Gasteiger partial charge on any atom is -0.480 e. The van der Waals surface area contributed by atoms with Crippen molar-refractivity contribution < 1.29 is 14.7 Å². The van der Waals surface area contributed by atoms with Crippen molar-refractivity contribution in [1.29, 1.82) is 0 Å². The third-order valence-electron chi connectivity index (χ3n) is 3.59. The molecule has 0 aliphatic heterocycles. The van der Waals surface area contributed by atoms with E-state index in [1.54, 1.807) is 0 Å². The normalized spacial score (nSPS) is 15.4. The van der Waals surface area contributed by atoms with E-state index < -0.39 is 17.4 Å². The predicted molar refractivity (Wildman–Crippen MR) is 72.1 cm³/mol. The van der Waals surface area contributed by atoms with Gasteiger partial charge >= 0.3 is 5.97 Å². The molecule has 0 aromatic carbocycles. The van der Waals surface area contributed by atoms with Crippen molar-refractivity contribution in [1.82, 2.24) is 15.1 Å². The molecule has 0 radical (unpaired) electrons. The van der Waals surface area contributed by atoms with Crippen molar-refractivity contribution in [3.8, 4) is 0 Å². The van der Waals surface area contributed by atoms with Crippen LogP contribution < -0.4 is 0 Å². The fourth-order valence-corrected chi connectivity index (χ4v) is 2.35. The molecule has 1 aliphatic rings. The molecule has 1 amide bonds. The fraction of sp³-hybridized carbons (Fsp3) is 0.583. The fourth-order valence-electron chi connectivity index (χ4n) is 1.68. The van der Waals surface area contributed by atoms with Crippen LogP contribution >= 0.6 is 15.9 Å². The molecule has 0 spiro atoms. The second-order valence-corrected chi connectivity index (χ2v) is 6.10. The van der Waals surface area contributed by atoms with Gasteiger partial charge in [-0.3, -0.25) is 9.89 Å². The SMILES string of the molecule is CN(C(=O)c1n[nH]c(C2CC2)c1Br)C(C)(C)C(=O)O. The Morgan fingerprint density at radius 3 is 2.53 bits per heavy atom. The lowest BCUT2D eigenvalue weighted by molar-refractivity contribution is -0.147. The van der Waals surface area contributed by atoms with Gasteiger partial charge in [-0.2, -0.15) is 5.10 Å². The number of nitrogens with one attached hydrogen (secondary N) is 1. The maximum Gasteiger partial charge on any atom is 0.329 e. The number of halogens is 1. The van der Waals surface area contributed by atoms with Crippen LogP contribution in [0.5, 0.6) is 0 Å². The number of carbonyl (C=O) groups is 2. The van der Waals surface area contributed by atoms with Crippen LogP contribution in [0.3, 0.4) is 0 Å². The molecule has 2 N–H and O–H groups in total. The average Bonchev–Trinajstić information content (AvgIpc) is 3.11. The molecule has 1 saturated carbocycles. The quantitative estimate of drug-likeness (QED) is 0.884. The maximum atomic E-state index is 12.3. The van der Waals surface area contributed by atoms with Crippen molar-refractivity contribution in [2.45, 2.75) is 38.1 Å². The zero-order valence-corrected chi connectivity index (χ0v) is 12.6. The van der Waals surface area contributed by atoms with Crippen LogP contribution in [-0.2, 0) is 4.79 Å². The molecule has 0 unspecified atom stereocenters. The topological polar surface area (TPSA) is 86.3 Å². The number of nitrogens with zero attached hydrogens (tertiary/aromatic N) is 2. The first kappa shape index (κ1) is 14.0. The lowest BCUT2D eigenvalue weighted by Crippen LogP contribution is -2.50. The molecule has 104 valence electrons. The van der Waals surface area contributed by atoms with E-state index in [4.69, 9.17) is 5.11 Å². The van der Waals surface area contributed by atoms with E-state index in [-0.39, 0.29) is 5.69 Å². The van der Waals surface area contributed by atoms with Gasteiger partial charge in [0.2, 0.25) is 0 Å². The predicted octanol–water partition coefficient (Wildman–Crippen LogP) is 1.98. The number of hydrogen-bond donors (Lipinski definition) is 2. The smallest absolute Gasteiger partial charge is 0.329 e. The van der Waals surface area contributed by atoms with Gasteiger partial charge in [0.15, 0.2) is 5.69 Å². The lowest BCUT2D eigenvalue weighted by atomic mass is 10.0. The third kappa shape index (κ3) is 2.39. The average molecular weight is 330 g/mol. The number of hydrogen-bond acceptors (Lipinski definition) is 3. The Balaban J connectivity index is 2.27. The summed E-state index contributed by atoms with van der Waals surface area (Å²) in [5.41, 5.74) is -0.126. The number of H-pyrrole nitrogens is 1. The Kier molecular flexibility index (Phi) is 3.42. The summed E-state index contributed by atoms with van der Waals surface area (Å²) in [6, 6.07) is 0. The highest BCUT2D eigenvalue weighted by atomic mass is 79.9. The van der Waals surface area contributed by atoms with Gasteiger partial charge in [-0.1, -0.05) is 0 Å². The molecule has 1 aromatic rings. The van der Waals surface area contributed by atoms with E-state index in [2.05, 4.69) is 26.1 Å². The van der Waals surface area contributed by atoms with E-state index in [0.29, 0.717) is 10.4 Å². The Hall–Kier alpha value is -1.37. The van der Waals surface area contributed by atoms with Crippen LogP contribution in [0.2, 0.25) is 0 Å². The molecule has 1 fully saturated rings. The standard InChI is InChI=1S/C12H16BrN3O3/c1-12(2,11(18)19)16(3)10(17)9-7(13)8(14-15-9)6-4-5-6/h6H,4-5H2,1-3H3,(H,14,15)(H,18,19). The van der Waals surface area contributed by atoms with Gasteiger partial charge in [-0.05, 0) is 42.6 Å². The molecular formula is C12H16BrN3O3. The molecule has 0 atom stereocenters. The number of aromatic amines is 1. The summed E-state index contributed by atoms with van der Waals surface area (Å²) in [6.07, 6.45) is 2.18. The van der Waals surface area contributed by atoms with Gasteiger partial charge in [0.25, 0.3) is 5.91 Å². The number of likely N-dealkylation sites (N-methyl/N-ethyl adjacent to an activating group) is 1. The van der Waals surface area contributed by atoms with E-state index in [9.17, 15) is 9.59 Å². The van der Waals surface area contributed by atoms with E-state index in [1.165, 1.54) is 25.8 Å². The highest BCUT2D eigenvalue weighted by molar-refractivity contribution is 9.10. The Labute approximate surface area is 119 Å². The van der Waals surface area contributed by atoms with Crippen LogP contribution in [0.4, 0.5) is 0 Å². The van der Waals surface area contributed by atoms with E-state index in [1.807, 2.05) is 0 Å². The zero-order valence-electron chi connectivity index (χ0n) is 11.0. The highest BCUT2D eigenvalue weighted by Gasteiger charge is 2.38. The van der Waals surface area contributed by atoms with Crippen molar-refractivity contribution in [3.63, 3.8) is 0 Å². The monoisotopic (exact) mass is 329 g/mol. The van der Waals surface area contributed by atoms with Gasteiger partial charge in [0.1, 0.15) is 5.54 Å². The maximum absolute atomic E-state index is 12.3. The summed E-state index contributed by atoms with van der Waals surface area (Å²) < 4.78 is 0.646. The minimum atomic E-state index is -1.28. The number of carbonyl (C=O) groups excluding carboxylic acids is 1. The number of rotatable bonds is 4. The highest BCUT2D eigenvalue weighted by Crippen LogP contribution is 2.43. The van der Waals surface area contributed by atoms with Gasteiger partial charge in [0.05, 0.1) is 10.2 Å². The molecular weight excluding hydrogens is 314 g/mol. The van der Waals surface area contributed by atoms with Crippen LogP contribution in [0.1, 0.15) is 48.8 Å². The minimum absolute atomic E-state index is 0.235. The zero-order chi connectivity index (χ0) is 14.4. The third-order valence-corrected chi connectivity index (χ3v) is 4.39. The van der Waals surface area contributed by atoms with Crippen molar-refractivity contribution >= 4 is 27.8 Å². The summed E-state index contributed by atoms with van der Waals surface area (Å²) in [7, 11) is 1.47. The molecule has 7 heteroatoms. The van der Waals surface area contributed by atoms with Gasteiger partial charge in [-0.15, -0.1) is 0 Å². The largest absolute Gasteiger partial charge is 0.480 e. The summed E-state index contributed by atoms with van der Waals surface area (Å²) in [4.78, 5) is 24.7. The first-order valence-electron chi connectivity index (χ1n) is 6.02. The van der Waals surface area contributed by atoms with Crippen molar-refractivity contribution in [3.05, 3.63) is 15.9 Å². The molecule has 6 nitrogen and oxygen atoms in total. The number of aliphatic carboxylic acids is 1. The van der Waals surface area contributed by atoms with Gasteiger partial charge in [0, 0.05) is 13.0 Å². The second kappa shape index (κ2) is 4.63. The Bertz CT molecular complexity index is 534. The first-order chi connectivity index (χ1) is 8.76. The Morgan fingerprint density at radius 2 is 2.05 bits per heavy atom. The van der Waals surface area contributed by atoms with Gasteiger partial charge < -0.3 is 10.0 Å². The molecule has 2 rings (SSSR count). The molecule has 0 bridgehead atoms. The second-order valence-electron chi connectivity index (χ2n) is 5.30. The van der Waals surface area contributed by atoms with Crippen LogP contribution in [0.25, 0.3) is 0 Å². The first-order valence-corrected chi connectivity index (χ1v) is 6.81. The summed E-state index contributed by atoms with van der Waals surface area (Å²) >= 11 is 3.38. The lowest BCUT2D eigenvalue weighted by Gasteiger charge is -2.30. The summed E-state index contributed by atoms with van der Waals surface area (Å²) in [6.45, 7) is 2.96. The molecule has 1 heterocycles. The van der Waals surface area contributed by atoms with Gasteiger partial charge in [-0.25, -0.2) is 4.79 Å². The number of amides is 1. The molecule has 0 saturated heterocycles. The van der Waals surface area contributed by atoms with Crippen molar-refractivity contribution in [2.75, 3.05) is 7.05 Å². The number of carboxylic acids is 1. The molecule has 19 heavy (non-hydrogen) atoms.